The molecule has 0 saturated carbocycles. The Kier molecular flexibility index (Phi) is 2.22. The Bertz CT molecular complexity index is 523. The average Bonchev–Trinajstić information content (AvgIpc) is 2.43. The molecule has 0 aliphatic heterocycles. The minimum Gasteiger partial charge on any atom is -0.495 e. The number of benzene rings is 1. The summed E-state index contributed by atoms with van der Waals surface area (Å²) in [5.41, 5.74) is 5.08. The van der Waals surface area contributed by atoms with Gasteiger partial charge in [-0.1, -0.05) is 0 Å². The monoisotopic (exact) mass is 203 g/mol. The number of aryl methyl sites for hydroxylation is 3. The largest absolute Gasteiger partial charge is 0.495 e. The Morgan fingerprint density at radius 1 is 1.13 bits per heavy atom. The first-order valence-corrected chi connectivity index (χ1v) is 5.16. The van der Waals surface area contributed by atoms with E-state index in [2.05, 4.69) is 44.5 Å². The third-order valence-corrected chi connectivity index (χ3v) is 3.22. The topological polar surface area (TPSA) is 14.2 Å². The molecule has 0 fully saturated rings. The Labute approximate surface area is 90.5 Å². The molecule has 0 radical (unpaired) electrons. The lowest BCUT2D eigenvalue weighted by Crippen LogP contribution is -1.93. The third kappa shape index (κ3) is 1.32. The Morgan fingerprint density at radius 3 is 2.40 bits per heavy atom. The standard InChI is InChI=1S/C13H17NO/c1-8-6-11-9(2)10(3)14(4)13(11)12(7-8)15-5/h6-7H,1-5H3. The van der Waals surface area contributed by atoms with Gasteiger partial charge in [-0.05, 0) is 44.0 Å². The lowest BCUT2D eigenvalue weighted by Gasteiger charge is -2.06. The number of hydrogen-bond acceptors (Lipinski definition) is 1. The van der Waals surface area contributed by atoms with Crippen LogP contribution in [0.2, 0.25) is 0 Å². The Morgan fingerprint density at radius 2 is 1.80 bits per heavy atom. The molecule has 0 spiro atoms. The molecule has 2 aromatic rings. The van der Waals surface area contributed by atoms with E-state index in [0.717, 1.165) is 5.75 Å². The summed E-state index contributed by atoms with van der Waals surface area (Å²) in [6.07, 6.45) is 0. The number of fused-ring (bicyclic) bond motifs is 1. The lowest BCUT2D eigenvalue weighted by atomic mass is 10.1. The van der Waals surface area contributed by atoms with E-state index in [0.29, 0.717) is 0 Å². The molecular formula is C13H17NO. The maximum absolute atomic E-state index is 5.44. The van der Waals surface area contributed by atoms with Gasteiger partial charge in [0.25, 0.3) is 0 Å². The molecule has 0 atom stereocenters. The summed E-state index contributed by atoms with van der Waals surface area (Å²) >= 11 is 0. The minimum absolute atomic E-state index is 0.962. The van der Waals surface area contributed by atoms with Crippen LogP contribution in [0.15, 0.2) is 12.1 Å². The van der Waals surface area contributed by atoms with Crippen LogP contribution in [0.25, 0.3) is 10.9 Å². The zero-order valence-corrected chi connectivity index (χ0v) is 10.0. The summed E-state index contributed by atoms with van der Waals surface area (Å²) < 4.78 is 7.63. The summed E-state index contributed by atoms with van der Waals surface area (Å²) in [5, 5.41) is 1.30. The fourth-order valence-electron chi connectivity index (χ4n) is 2.15. The van der Waals surface area contributed by atoms with Crippen molar-refractivity contribution in [3.8, 4) is 5.75 Å². The van der Waals surface area contributed by atoms with Crippen LogP contribution in [0.4, 0.5) is 0 Å². The fraction of sp³-hybridized carbons (Fsp3) is 0.385. The van der Waals surface area contributed by atoms with Crippen molar-refractivity contribution in [3.63, 3.8) is 0 Å². The third-order valence-electron chi connectivity index (χ3n) is 3.22. The normalized spacial score (nSPS) is 11.0. The Hall–Kier alpha value is -1.44. The molecule has 0 saturated heterocycles. The van der Waals surface area contributed by atoms with Crippen LogP contribution >= 0.6 is 0 Å². The first kappa shape index (κ1) is 10.1. The van der Waals surface area contributed by atoms with Gasteiger partial charge in [0.15, 0.2) is 0 Å². The molecule has 2 rings (SSSR count). The van der Waals surface area contributed by atoms with Crippen molar-refractivity contribution in [3.05, 3.63) is 29.0 Å². The van der Waals surface area contributed by atoms with Crippen molar-refractivity contribution in [1.29, 1.82) is 0 Å². The van der Waals surface area contributed by atoms with Crippen LogP contribution in [0.1, 0.15) is 16.8 Å². The van der Waals surface area contributed by atoms with Crippen LogP contribution in [0.5, 0.6) is 5.75 Å². The highest BCUT2D eigenvalue weighted by Gasteiger charge is 2.12. The number of rotatable bonds is 1. The molecule has 2 nitrogen and oxygen atoms in total. The zero-order chi connectivity index (χ0) is 11.2. The lowest BCUT2D eigenvalue weighted by molar-refractivity contribution is 0.417. The van der Waals surface area contributed by atoms with Crippen molar-refractivity contribution in [2.24, 2.45) is 7.05 Å². The molecule has 0 N–H and O–H groups in total. The first-order valence-electron chi connectivity index (χ1n) is 5.16. The van der Waals surface area contributed by atoms with Crippen LogP contribution in [0, 0.1) is 20.8 Å². The van der Waals surface area contributed by atoms with Gasteiger partial charge in [-0.3, -0.25) is 0 Å². The summed E-state index contributed by atoms with van der Waals surface area (Å²) in [7, 11) is 3.81. The van der Waals surface area contributed by atoms with E-state index in [1.54, 1.807) is 7.11 Å². The van der Waals surface area contributed by atoms with Crippen molar-refractivity contribution < 1.29 is 4.74 Å². The van der Waals surface area contributed by atoms with Gasteiger partial charge in [-0.2, -0.15) is 0 Å². The zero-order valence-electron chi connectivity index (χ0n) is 10.0. The van der Waals surface area contributed by atoms with Gasteiger partial charge in [0, 0.05) is 18.1 Å². The molecule has 0 unspecified atom stereocenters. The second-order valence-electron chi connectivity index (χ2n) is 4.13. The highest BCUT2D eigenvalue weighted by Crippen LogP contribution is 2.32. The van der Waals surface area contributed by atoms with Crippen LogP contribution in [0.3, 0.4) is 0 Å². The molecule has 0 amide bonds. The molecule has 15 heavy (non-hydrogen) atoms. The fourth-order valence-corrected chi connectivity index (χ4v) is 2.15. The van der Waals surface area contributed by atoms with E-state index in [1.165, 1.54) is 27.7 Å². The predicted molar refractivity (Wildman–Crippen MR) is 63.7 cm³/mol. The highest BCUT2D eigenvalue weighted by molar-refractivity contribution is 5.90. The van der Waals surface area contributed by atoms with Crippen LogP contribution in [-0.4, -0.2) is 11.7 Å². The molecule has 80 valence electrons. The quantitative estimate of drug-likeness (QED) is 0.694. The molecular weight excluding hydrogens is 186 g/mol. The SMILES string of the molecule is COc1cc(C)cc2c(C)c(C)n(C)c12. The van der Waals surface area contributed by atoms with Crippen molar-refractivity contribution in [2.45, 2.75) is 20.8 Å². The molecule has 0 aliphatic rings. The molecule has 1 aromatic heterocycles. The number of nitrogens with zero attached hydrogens (tertiary/aromatic N) is 1. The van der Waals surface area contributed by atoms with E-state index in [9.17, 15) is 0 Å². The average molecular weight is 203 g/mol. The van der Waals surface area contributed by atoms with Gasteiger partial charge in [-0.25, -0.2) is 0 Å². The smallest absolute Gasteiger partial charge is 0.143 e. The van der Waals surface area contributed by atoms with Gasteiger partial charge in [0.2, 0.25) is 0 Å². The minimum atomic E-state index is 0.962. The summed E-state index contributed by atoms with van der Waals surface area (Å²) in [6.45, 7) is 6.41. The van der Waals surface area contributed by atoms with E-state index in [-0.39, 0.29) is 0 Å². The first-order chi connectivity index (χ1) is 7.06. The number of aromatic nitrogens is 1. The van der Waals surface area contributed by atoms with Crippen molar-refractivity contribution in [1.82, 2.24) is 4.57 Å². The molecule has 0 bridgehead atoms. The van der Waals surface area contributed by atoms with E-state index >= 15 is 0 Å². The summed E-state index contributed by atoms with van der Waals surface area (Å²) in [4.78, 5) is 0. The molecule has 1 aromatic carbocycles. The van der Waals surface area contributed by atoms with Gasteiger partial charge in [0.1, 0.15) is 5.75 Å². The van der Waals surface area contributed by atoms with Crippen LogP contribution in [-0.2, 0) is 7.05 Å². The van der Waals surface area contributed by atoms with Gasteiger partial charge >= 0.3 is 0 Å². The van der Waals surface area contributed by atoms with Gasteiger partial charge in [0.05, 0.1) is 12.6 Å². The molecule has 2 heteroatoms. The number of ether oxygens (including phenoxy) is 1. The van der Waals surface area contributed by atoms with E-state index in [1.807, 2.05) is 0 Å². The highest BCUT2D eigenvalue weighted by atomic mass is 16.5. The van der Waals surface area contributed by atoms with E-state index < -0.39 is 0 Å². The maximum Gasteiger partial charge on any atom is 0.143 e. The Balaban J connectivity index is 2.96. The maximum atomic E-state index is 5.44. The van der Waals surface area contributed by atoms with Crippen molar-refractivity contribution in [2.75, 3.05) is 7.11 Å². The number of methoxy groups -OCH3 is 1. The predicted octanol–water partition coefficient (Wildman–Crippen LogP) is 3.11. The second-order valence-corrected chi connectivity index (χ2v) is 4.13. The van der Waals surface area contributed by atoms with Gasteiger partial charge in [-0.15, -0.1) is 0 Å². The molecule has 0 aliphatic carbocycles. The van der Waals surface area contributed by atoms with Gasteiger partial charge < -0.3 is 9.30 Å². The second kappa shape index (κ2) is 3.30. The molecule has 1 heterocycles. The van der Waals surface area contributed by atoms with Crippen molar-refractivity contribution >= 4 is 10.9 Å². The van der Waals surface area contributed by atoms with E-state index in [4.69, 9.17) is 4.74 Å². The number of hydrogen-bond donors (Lipinski definition) is 0. The summed E-state index contributed by atoms with van der Waals surface area (Å²) in [5.74, 6) is 0.962. The summed E-state index contributed by atoms with van der Waals surface area (Å²) in [6, 6.07) is 4.31. The van der Waals surface area contributed by atoms with Crippen LogP contribution < -0.4 is 4.74 Å².